The molecule has 0 heterocycles. The number of carbonyl (C=O) groups is 2. The van der Waals surface area contributed by atoms with Crippen LogP contribution in [0.5, 0.6) is 5.75 Å². The molecule has 5 heteroatoms. The second kappa shape index (κ2) is 8.00. The van der Waals surface area contributed by atoms with Crippen LogP contribution in [0.4, 0.5) is 5.69 Å². The first kappa shape index (κ1) is 20.2. The Morgan fingerprint density at radius 2 is 1.59 bits per heavy atom. The molecular weight excluding hydrogens is 364 g/mol. The van der Waals surface area contributed by atoms with Gasteiger partial charge in [-0.25, -0.2) is 0 Å². The van der Waals surface area contributed by atoms with Gasteiger partial charge in [0.25, 0.3) is 0 Å². The zero-order valence-corrected chi connectivity index (χ0v) is 17.9. The molecule has 0 saturated heterocycles. The van der Waals surface area contributed by atoms with E-state index in [1.165, 1.54) is 19.3 Å². The normalized spacial score (nSPS) is 30.8. The van der Waals surface area contributed by atoms with Gasteiger partial charge in [0.2, 0.25) is 11.8 Å². The summed E-state index contributed by atoms with van der Waals surface area (Å²) < 4.78 is 5.45. The predicted molar refractivity (Wildman–Crippen MR) is 114 cm³/mol. The van der Waals surface area contributed by atoms with Gasteiger partial charge in [-0.15, -0.1) is 0 Å². The SMILES string of the molecule is CCOc1ccc(NC(=O)C(NC(=O)C23CC4CC(CC(C4)C2)C3)C(C)C)cc1. The highest BCUT2D eigenvalue weighted by Gasteiger charge is 2.55. The van der Waals surface area contributed by atoms with Crippen LogP contribution in [0, 0.1) is 29.1 Å². The molecule has 0 radical (unpaired) electrons. The van der Waals surface area contributed by atoms with Crippen molar-refractivity contribution in [1.29, 1.82) is 0 Å². The van der Waals surface area contributed by atoms with Crippen LogP contribution in [0.25, 0.3) is 0 Å². The van der Waals surface area contributed by atoms with Crippen molar-refractivity contribution in [3.63, 3.8) is 0 Å². The topological polar surface area (TPSA) is 67.4 Å². The third-order valence-electron chi connectivity index (χ3n) is 7.19. The standard InChI is InChI=1S/C24H34N2O3/c1-4-29-20-7-5-19(6-8-20)25-22(27)21(15(2)3)26-23(28)24-12-16-9-17(13-24)11-18(10-16)14-24/h5-8,15-18,21H,4,9-14H2,1-3H3,(H,25,27)(H,26,28). The summed E-state index contributed by atoms with van der Waals surface area (Å²) in [5, 5.41) is 6.11. The molecule has 0 spiro atoms. The van der Waals surface area contributed by atoms with E-state index in [9.17, 15) is 9.59 Å². The fourth-order valence-electron chi connectivity index (χ4n) is 6.24. The molecular formula is C24H34N2O3. The number of hydrogen-bond acceptors (Lipinski definition) is 3. The molecule has 4 aliphatic carbocycles. The Bertz CT molecular complexity index is 721. The van der Waals surface area contributed by atoms with E-state index in [0.717, 1.165) is 25.0 Å². The van der Waals surface area contributed by atoms with E-state index in [-0.39, 0.29) is 23.1 Å². The zero-order valence-electron chi connectivity index (χ0n) is 17.9. The van der Waals surface area contributed by atoms with Crippen molar-refractivity contribution in [2.45, 2.75) is 65.3 Å². The summed E-state index contributed by atoms with van der Waals surface area (Å²) in [7, 11) is 0. The number of carbonyl (C=O) groups excluding carboxylic acids is 2. The summed E-state index contributed by atoms with van der Waals surface area (Å²) in [6.45, 7) is 6.53. The van der Waals surface area contributed by atoms with E-state index >= 15 is 0 Å². The van der Waals surface area contributed by atoms with Crippen LogP contribution >= 0.6 is 0 Å². The zero-order chi connectivity index (χ0) is 20.6. The van der Waals surface area contributed by atoms with Crippen LogP contribution in [0.15, 0.2) is 24.3 Å². The lowest BCUT2D eigenvalue weighted by Gasteiger charge is -2.55. The van der Waals surface area contributed by atoms with Crippen LogP contribution in [0.2, 0.25) is 0 Å². The number of benzene rings is 1. The number of hydrogen-bond donors (Lipinski definition) is 2. The highest BCUT2D eigenvalue weighted by molar-refractivity contribution is 5.98. The second-order valence-electron chi connectivity index (χ2n) is 9.84. The lowest BCUT2D eigenvalue weighted by atomic mass is 9.49. The summed E-state index contributed by atoms with van der Waals surface area (Å²) in [5.74, 6) is 2.89. The van der Waals surface area contributed by atoms with Crippen LogP contribution in [-0.2, 0) is 9.59 Å². The Balaban J connectivity index is 1.42. The lowest BCUT2D eigenvalue weighted by Crippen LogP contribution is -2.57. The molecule has 2 N–H and O–H groups in total. The van der Waals surface area contributed by atoms with Crippen molar-refractivity contribution >= 4 is 17.5 Å². The maximum absolute atomic E-state index is 13.4. The molecule has 2 amide bonds. The van der Waals surface area contributed by atoms with Crippen molar-refractivity contribution in [1.82, 2.24) is 5.32 Å². The molecule has 158 valence electrons. The Labute approximate surface area is 174 Å². The maximum Gasteiger partial charge on any atom is 0.247 e. The molecule has 1 aromatic carbocycles. The molecule has 1 aromatic rings. The third-order valence-corrected chi connectivity index (χ3v) is 7.19. The lowest BCUT2D eigenvalue weighted by molar-refractivity contribution is -0.148. The molecule has 0 aliphatic heterocycles. The molecule has 0 aromatic heterocycles. The fraction of sp³-hybridized carbons (Fsp3) is 0.667. The van der Waals surface area contributed by atoms with Crippen LogP contribution in [-0.4, -0.2) is 24.5 Å². The van der Waals surface area contributed by atoms with E-state index in [1.807, 2.05) is 45.0 Å². The summed E-state index contributed by atoms with van der Waals surface area (Å²) in [6, 6.07) is 6.83. The highest BCUT2D eigenvalue weighted by Crippen LogP contribution is 2.60. The third kappa shape index (κ3) is 4.15. The van der Waals surface area contributed by atoms with Gasteiger partial charge in [0.15, 0.2) is 0 Å². The Hall–Kier alpha value is -2.04. The largest absolute Gasteiger partial charge is 0.494 e. The minimum atomic E-state index is -0.526. The first-order chi connectivity index (χ1) is 13.9. The number of anilines is 1. The number of rotatable bonds is 7. The minimum Gasteiger partial charge on any atom is -0.494 e. The van der Waals surface area contributed by atoms with Gasteiger partial charge in [0, 0.05) is 11.1 Å². The van der Waals surface area contributed by atoms with Gasteiger partial charge < -0.3 is 15.4 Å². The molecule has 1 unspecified atom stereocenters. The van der Waals surface area contributed by atoms with Crippen molar-refractivity contribution in [2.24, 2.45) is 29.1 Å². The van der Waals surface area contributed by atoms with Gasteiger partial charge in [0.1, 0.15) is 11.8 Å². The van der Waals surface area contributed by atoms with Crippen molar-refractivity contribution in [3.05, 3.63) is 24.3 Å². The van der Waals surface area contributed by atoms with Crippen LogP contribution in [0.3, 0.4) is 0 Å². The van der Waals surface area contributed by atoms with E-state index in [0.29, 0.717) is 30.0 Å². The van der Waals surface area contributed by atoms with E-state index in [2.05, 4.69) is 10.6 Å². The smallest absolute Gasteiger partial charge is 0.247 e. The molecule has 29 heavy (non-hydrogen) atoms. The average Bonchev–Trinajstić information content (AvgIpc) is 2.66. The second-order valence-corrected chi connectivity index (χ2v) is 9.84. The first-order valence-electron chi connectivity index (χ1n) is 11.2. The Kier molecular flexibility index (Phi) is 5.58. The summed E-state index contributed by atoms with van der Waals surface area (Å²) in [6.07, 6.45) is 6.94. The van der Waals surface area contributed by atoms with Crippen LogP contribution in [0.1, 0.15) is 59.3 Å². The first-order valence-corrected chi connectivity index (χ1v) is 11.2. The average molecular weight is 399 g/mol. The summed E-state index contributed by atoms with van der Waals surface area (Å²) in [5.41, 5.74) is 0.481. The highest BCUT2D eigenvalue weighted by atomic mass is 16.5. The van der Waals surface area contributed by atoms with Gasteiger partial charge in [0.05, 0.1) is 6.61 Å². The van der Waals surface area contributed by atoms with Gasteiger partial charge in [-0.3, -0.25) is 9.59 Å². The molecule has 1 atom stereocenters. The fourth-order valence-corrected chi connectivity index (χ4v) is 6.24. The monoisotopic (exact) mass is 398 g/mol. The molecule has 4 saturated carbocycles. The Morgan fingerprint density at radius 1 is 1.03 bits per heavy atom. The Morgan fingerprint density at radius 3 is 2.07 bits per heavy atom. The van der Waals surface area contributed by atoms with E-state index in [1.54, 1.807) is 0 Å². The molecule has 4 fully saturated rings. The predicted octanol–water partition coefficient (Wildman–Crippen LogP) is 4.38. The van der Waals surface area contributed by atoms with Gasteiger partial charge in [-0.2, -0.15) is 0 Å². The van der Waals surface area contributed by atoms with E-state index in [4.69, 9.17) is 4.74 Å². The molecule has 5 rings (SSSR count). The number of nitrogens with one attached hydrogen (secondary N) is 2. The van der Waals surface area contributed by atoms with Crippen molar-refractivity contribution in [3.8, 4) is 5.75 Å². The molecule has 5 nitrogen and oxygen atoms in total. The van der Waals surface area contributed by atoms with E-state index < -0.39 is 6.04 Å². The van der Waals surface area contributed by atoms with Gasteiger partial charge >= 0.3 is 0 Å². The number of ether oxygens (including phenoxy) is 1. The van der Waals surface area contributed by atoms with Crippen molar-refractivity contribution < 1.29 is 14.3 Å². The van der Waals surface area contributed by atoms with Gasteiger partial charge in [-0.05, 0) is 93.4 Å². The summed E-state index contributed by atoms with van der Waals surface area (Å²) in [4.78, 5) is 26.3. The quantitative estimate of drug-likeness (QED) is 0.716. The van der Waals surface area contributed by atoms with Crippen molar-refractivity contribution in [2.75, 3.05) is 11.9 Å². The minimum absolute atomic E-state index is 0.0237. The number of amides is 2. The molecule has 4 bridgehead atoms. The van der Waals surface area contributed by atoms with Crippen LogP contribution < -0.4 is 15.4 Å². The summed E-state index contributed by atoms with van der Waals surface area (Å²) >= 11 is 0. The van der Waals surface area contributed by atoms with Gasteiger partial charge in [-0.1, -0.05) is 13.8 Å². The maximum atomic E-state index is 13.4. The molecule has 4 aliphatic rings.